The number of amides is 2. The van der Waals surface area contributed by atoms with Gasteiger partial charge in [-0.1, -0.05) is 66.2 Å². The predicted molar refractivity (Wildman–Crippen MR) is 163 cm³/mol. The van der Waals surface area contributed by atoms with Crippen LogP contribution in [0.5, 0.6) is 0 Å². The van der Waals surface area contributed by atoms with Gasteiger partial charge in [0.05, 0.1) is 13.2 Å². The van der Waals surface area contributed by atoms with Gasteiger partial charge in [-0.25, -0.2) is 0 Å². The van der Waals surface area contributed by atoms with Crippen molar-refractivity contribution in [2.45, 2.75) is 130 Å². The van der Waals surface area contributed by atoms with E-state index in [4.69, 9.17) is 9.47 Å². The molecular weight excluding hydrogens is 504 g/mol. The number of nitrogens with one attached hydrogen (secondary N) is 2. The second-order valence-corrected chi connectivity index (χ2v) is 11.8. The minimum Gasteiger partial charge on any atom is -0.362 e. The monoisotopic (exact) mass is 566 g/mol. The van der Waals surface area contributed by atoms with E-state index in [9.17, 15) is 9.59 Å². The normalized spacial score (nSPS) is 21.5. The summed E-state index contributed by atoms with van der Waals surface area (Å²) in [7, 11) is 0. The highest BCUT2D eigenvalue weighted by atomic mass is 16.5. The van der Waals surface area contributed by atoms with Crippen LogP contribution in [-0.4, -0.2) is 86.6 Å². The van der Waals surface area contributed by atoms with Gasteiger partial charge in [0.1, 0.15) is 12.5 Å². The van der Waals surface area contributed by atoms with E-state index in [1.54, 1.807) is 0 Å². The molecule has 4 unspecified atom stereocenters. The van der Waals surface area contributed by atoms with Crippen molar-refractivity contribution in [3.05, 3.63) is 0 Å². The average molecular weight is 567 g/mol. The molecule has 2 aliphatic heterocycles. The van der Waals surface area contributed by atoms with E-state index in [2.05, 4.69) is 48.1 Å². The maximum atomic E-state index is 12.4. The molecule has 2 aliphatic rings. The number of rotatable bonds is 23. The van der Waals surface area contributed by atoms with Crippen molar-refractivity contribution >= 4 is 11.8 Å². The van der Waals surface area contributed by atoms with E-state index in [0.717, 1.165) is 91.0 Å². The van der Waals surface area contributed by atoms with Crippen LogP contribution in [0.15, 0.2) is 0 Å². The molecule has 0 aromatic carbocycles. The lowest BCUT2D eigenvalue weighted by atomic mass is 9.97. The van der Waals surface area contributed by atoms with Crippen LogP contribution in [0.4, 0.5) is 0 Å². The zero-order valence-electron chi connectivity index (χ0n) is 26.4. The van der Waals surface area contributed by atoms with Crippen molar-refractivity contribution in [3.8, 4) is 0 Å². The first-order chi connectivity index (χ1) is 19.5. The summed E-state index contributed by atoms with van der Waals surface area (Å²) >= 11 is 0. The smallest absolute Gasteiger partial charge is 0.221 e. The number of ether oxygens (including phenoxy) is 2. The summed E-state index contributed by atoms with van der Waals surface area (Å²) in [4.78, 5) is 29.5. The molecule has 0 radical (unpaired) electrons. The van der Waals surface area contributed by atoms with E-state index < -0.39 is 0 Å². The summed E-state index contributed by atoms with van der Waals surface area (Å²) in [5.41, 5.74) is 0. The van der Waals surface area contributed by atoms with Crippen LogP contribution in [0.3, 0.4) is 0 Å². The van der Waals surface area contributed by atoms with Crippen LogP contribution < -0.4 is 10.6 Å². The first kappa shape index (κ1) is 35.0. The van der Waals surface area contributed by atoms with Gasteiger partial charge in [0.2, 0.25) is 11.8 Å². The number of hydrogen-bond donors (Lipinski definition) is 2. The van der Waals surface area contributed by atoms with Crippen LogP contribution in [0.1, 0.15) is 118 Å². The molecule has 234 valence electrons. The molecule has 40 heavy (non-hydrogen) atoms. The van der Waals surface area contributed by atoms with E-state index >= 15 is 0 Å². The molecule has 0 saturated carbocycles. The predicted octanol–water partition coefficient (Wildman–Crippen LogP) is 5.31. The highest BCUT2D eigenvalue weighted by Crippen LogP contribution is 2.27. The summed E-state index contributed by atoms with van der Waals surface area (Å²) in [6.07, 6.45) is 15.1. The number of unbranched alkanes of at least 4 members (excludes halogenated alkanes) is 5. The van der Waals surface area contributed by atoms with Crippen molar-refractivity contribution in [3.63, 3.8) is 0 Å². The van der Waals surface area contributed by atoms with Crippen LogP contribution in [-0.2, 0) is 19.1 Å². The molecule has 2 N–H and O–H groups in total. The lowest BCUT2D eigenvalue weighted by molar-refractivity contribution is -0.122. The minimum absolute atomic E-state index is 0.140. The highest BCUT2D eigenvalue weighted by molar-refractivity contribution is 5.76. The Morgan fingerprint density at radius 3 is 1.48 bits per heavy atom. The van der Waals surface area contributed by atoms with Gasteiger partial charge < -0.3 is 20.1 Å². The van der Waals surface area contributed by atoms with Gasteiger partial charge in [0.25, 0.3) is 0 Å². The Bertz CT molecular complexity index is 623. The standard InChI is InChI=1S/C32H62N4O4/c1-5-9-15-27(7-3)31-35(23-25-39-31)21-17-29(37)33-19-13-11-12-14-20-34-30(38)18-22-36-24-26-40-32(36)28(8-4)16-10-6-2/h27-28,31-32H,5-26H2,1-4H3,(H,33,37)(H,34,38). The Balaban J connectivity index is 1.47. The van der Waals surface area contributed by atoms with Gasteiger partial charge in [0, 0.05) is 52.1 Å². The largest absolute Gasteiger partial charge is 0.362 e. The lowest BCUT2D eigenvalue weighted by Gasteiger charge is -2.29. The Morgan fingerprint density at radius 1 is 0.675 bits per heavy atom. The molecule has 0 aromatic heterocycles. The molecule has 2 amide bonds. The van der Waals surface area contributed by atoms with Crippen molar-refractivity contribution in [1.82, 2.24) is 20.4 Å². The maximum absolute atomic E-state index is 12.4. The summed E-state index contributed by atoms with van der Waals surface area (Å²) in [5, 5.41) is 6.17. The summed E-state index contributed by atoms with van der Waals surface area (Å²) < 4.78 is 12.1. The third-order valence-corrected chi connectivity index (χ3v) is 8.77. The zero-order valence-corrected chi connectivity index (χ0v) is 26.4. The molecule has 2 heterocycles. The van der Waals surface area contributed by atoms with Crippen LogP contribution in [0.25, 0.3) is 0 Å². The van der Waals surface area contributed by atoms with Gasteiger partial charge >= 0.3 is 0 Å². The first-order valence-electron chi connectivity index (χ1n) is 16.8. The molecule has 0 bridgehead atoms. The second kappa shape index (κ2) is 21.5. The fourth-order valence-corrected chi connectivity index (χ4v) is 6.15. The van der Waals surface area contributed by atoms with Crippen LogP contribution >= 0.6 is 0 Å². The van der Waals surface area contributed by atoms with Crippen molar-refractivity contribution < 1.29 is 19.1 Å². The molecule has 8 nitrogen and oxygen atoms in total. The van der Waals surface area contributed by atoms with Crippen molar-refractivity contribution in [2.24, 2.45) is 11.8 Å². The Kier molecular flexibility index (Phi) is 18.8. The quantitative estimate of drug-likeness (QED) is 0.163. The van der Waals surface area contributed by atoms with Gasteiger partial charge in [-0.05, 0) is 50.4 Å². The average Bonchev–Trinajstić information content (AvgIpc) is 3.63. The van der Waals surface area contributed by atoms with E-state index in [-0.39, 0.29) is 24.3 Å². The maximum Gasteiger partial charge on any atom is 0.221 e. The molecule has 0 aliphatic carbocycles. The number of hydrogen-bond acceptors (Lipinski definition) is 6. The van der Waals surface area contributed by atoms with Gasteiger partial charge in [-0.15, -0.1) is 0 Å². The van der Waals surface area contributed by atoms with E-state index in [0.29, 0.717) is 24.7 Å². The fourth-order valence-electron chi connectivity index (χ4n) is 6.15. The molecule has 8 heteroatoms. The Hall–Kier alpha value is -1.22. The topological polar surface area (TPSA) is 83.1 Å². The summed E-state index contributed by atoms with van der Waals surface area (Å²) in [5.74, 6) is 1.41. The van der Waals surface area contributed by atoms with E-state index in [1.165, 1.54) is 38.5 Å². The SMILES string of the molecule is CCCCC(CC)C1OCCN1CCC(=O)NCCCCCCNC(=O)CCN1CCOC1C(CC)CCCC. The third-order valence-electron chi connectivity index (χ3n) is 8.77. The van der Waals surface area contributed by atoms with Gasteiger partial charge in [-0.3, -0.25) is 19.4 Å². The summed E-state index contributed by atoms with van der Waals surface area (Å²) in [6.45, 7) is 15.4. The summed E-state index contributed by atoms with van der Waals surface area (Å²) in [6, 6.07) is 0. The molecular formula is C32H62N4O4. The third kappa shape index (κ3) is 13.2. The molecule has 2 fully saturated rings. The highest BCUT2D eigenvalue weighted by Gasteiger charge is 2.32. The van der Waals surface area contributed by atoms with Crippen LogP contribution in [0, 0.1) is 11.8 Å². The minimum atomic E-state index is 0.140. The molecule has 2 rings (SSSR count). The Morgan fingerprint density at radius 2 is 1.10 bits per heavy atom. The van der Waals surface area contributed by atoms with Gasteiger partial charge in [0.15, 0.2) is 0 Å². The molecule has 4 atom stereocenters. The first-order valence-corrected chi connectivity index (χ1v) is 16.8. The Labute approximate surface area is 245 Å². The van der Waals surface area contributed by atoms with Crippen LogP contribution in [0.2, 0.25) is 0 Å². The number of carbonyl (C=O) groups is 2. The fraction of sp³-hybridized carbons (Fsp3) is 0.938. The second-order valence-electron chi connectivity index (χ2n) is 11.8. The van der Waals surface area contributed by atoms with Gasteiger partial charge in [-0.2, -0.15) is 0 Å². The molecule has 0 aromatic rings. The molecule has 2 saturated heterocycles. The van der Waals surface area contributed by atoms with Crippen molar-refractivity contribution in [2.75, 3.05) is 52.5 Å². The van der Waals surface area contributed by atoms with Crippen molar-refractivity contribution in [1.29, 1.82) is 0 Å². The zero-order chi connectivity index (χ0) is 29.0. The lowest BCUT2D eigenvalue weighted by Crippen LogP contribution is -2.39. The number of nitrogens with zero attached hydrogens (tertiary/aromatic N) is 2. The van der Waals surface area contributed by atoms with E-state index in [1.807, 2.05) is 0 Å². The number of carbonyl (C=O) groups excluding carboxylic acids is 2. The molecule has 0 spiro atoms.